The number of nitrogens with one attached hydrogen (secondary N) is 1. The Morgan fingerprint density at radius 2 is 1.76 bits per heavy atom. The number of likely N-dealkylation sites (tertiary alicyclic amines) is 1. The van der Waals surface area contributed by atoms with E-state index in [1.54, 1.807) is 4.52 Å². The Morgan fingerprint density at radius 1 is 1.06 bits per heavy atom. The van der Waals surface area contributed by atoms with Gasteiger partial charge in [0.25, 0.3) is 5.91 Å². The fourth-order valence-corrected chi connectivity index (χ4v) is 5.00. The third-order valence-corrected chi connectivity index (χ3v) is 7.14. The number of nitrogens with two attached hydrogens (primary N) is 2. The third-order valence-electron chi connectivity index (χ3n) is 7.14. The molecule has 1 saturated carbocycles. The van der Waals surface area contributed by atoms with Crippen LogP contribution in [0.25, 0.3) is 5.65 Å². The van der Waals surface area contributed by atoms with Crippen LogP contribution in [0.2, 0.25) is 0 Å². The Morgan fingerprint density at radius 3 is 2.45 bits per heavy atom. The number of carbonyl (C=O) groups excluding carboxylic acids is 1. The molecule has 174 valence electrons. The van der Waals surface area contributed by atoms with Gasteiger partial charge >= 0.3 is 0 Å². The normalized spacial score (nSPS) is 21.3. The molecule has 0 spiro atoms. The van der Waals surface area contributed by atoms with Crippen LogP contribution in [0.15, 0.2) is 30.5 Å². The Labute approximate surface area is 194 Å². The molecular formula is C25H33N7O. The van der Waals surface area contributed by atoms with E-state index in [-0.39, 0.29) is 5.91 Å². The van der Waals surface area contributed by atoms with Crippen LogP contribution >= 0.6 is 0 Å². The van der Waals surface area contributed by atoms with Crippen LogP contribution < -0.4 is 16.8 Å². The van der Waals surface area contributed by atoms with Crippen LogP contribution in [0.5, 0.6) is 0 Å². The number of aromatic nitrogens is 3. The maximum Gasteiger partial charge on any atom is 0.253 e. The number of hydrogen-bond donors (Lipinski definition) is 3. The molecule has 8 nitrogen and oxygen atoms in total. The predicted octanol–water partition coefficient (Wildman–Crippen LogP) is 3.97. The van der Waals surface area contributed by atoms with Crippen molar-refractivity contribution < 1.29 is 4.79 Å². The number of rotatable bonds is 4. The zero-order chi connectivity index (χ0) is 22.9. The number of anilines is 3. The quantitative estimate of drug-likeness (QED) is 0.557. The van der Waals surface area contributed by atoms with E-state index in [9.17, 15) is 4.79 Å². The van der Waals surface area contributed by atoms with Crippen molar-refractivity contribution in [3.8, 4) is 0 Å². The van der Waals surface area contributed by atoms with Gasteiger partial charge in [-0.25, -0.2) is 9.50 Å². The van der Waals surface area contributed by atoms with E-state index in [2.05, 4.69) is 10.4 Å². The molecule has 3 aromatic rings. The summed E-state index contributed by atoms with van der Waals surface area (Å²) >= 11 is 0. The number of imidazole rings is 1. The summed E-state index contributed by atoms with van der Waals surface area (Å²) in [4.78, 5) is 19.7. The van der Waals surface area contributed by atoms with Gasteiger partial charge in [-0.15, -0.1) is 5.10 Å². The molecule has 1 saturated heterocycles. The van der Waals surface area contributed by atoms with Crippen molar-refractivity contribution in [2.24, 2.45) is 5.73 Å². The van der Waals surface area contributed by atoms with Crippen LogP contribution in [0, 0.1) is 6.92 Å². The molecule has 1 aromatic carbocycles. The number of hydrogen-bond acceptors (Lipinski definition) is 6. The van der Waals surface area contributed by atoms with Gasteiger partial charge in [-0.2, -0.15) is 0 Å². The van der Waals surface area contributed by atoms with Crippen LogP contribution in [0.4, 0.5) is 17.2 Å². The Bertz CT molecular complexity index is 1140. The van der Waals surface area contributed by atoms with Crippen LogP contribution in [-0.2, 0) is 0 Å². The highest BCUT2D eigenvalue weighted by Crippen LogP contribution is 2.34. The minimum Gasteiger partial charge on any atom is -0.382 e. The van der Waals surface area contributed by atoms with E-state index < -0.39 is 0 Å². The largest absolute Gasteiger partial charge is 0.382 e. The summed E-state index contributed by atoms with van der Waals surface area (Å²) < 4.78 is 1.78. The number of fused-ring (bicyclic) bond motifs is 1. The van der Waals surface area contributed by atoms with Gasteiger partial charge in [-0.3, -0.25) is 4.79 Å². The second kappa shape index (κ2) is 9.02. The first-order valence-electron chi connectivity index (χ1n) is 12.1. The van der Waals surface area contributed by atoms with Crippen LogP contribution in [-0.4, -0.2) is 44.5 Å². The molecule has 1 aliphatic carbocycles. The average Bonchev–Trinajstić information content (AvgIpc) is 3.26. The zero-order valence-electron chi connectivity index (χ0n) is 19.3. The minimum atomic E-state index is 0.109. The fraction of sp³-hybridized carbons (Fsp3) is 0.480. The summed E-state index contributed by atoms with van der Waals surface area (Å²) in [6, 6.07) is 7.96. The summed E-state index contributed by atoms with van der Waals surface area (Å²) in [6.45, 7) is 3.65. The number of nitrogen functional groups attached to an aromatic ring is 1. The fourth-order valence-electron chi connectivity index (χ4n) is 5.00. The molecule has 0 radical (unpaired) electrons. The zero-order valence-corrected chi connectivity index (χ0v) is 19.3. The maximum atomic E-state index is 12.8. The van der Waals surface area contributed by atoms with Gasteiger partial charge in [-0.05, 0) is 76.1 Å². The molecule has 0 bridgehead atoms. The maximum absolute atomic E-state index is 12.8. The van der Waals surface area contributed by atoms with E-state index in [1.165, 1.54) is 6.42 Å². The second-order valence-electron chi connectivity index (χ2n) is 9.49. The summed E-state index contributed by atoms with van der Waals surface area (Å²) in [5.41, 5.74) is 17.4. The molecule has 33 heavy (non-hydrogen) atoms. The molecule has 2 aromatic heterocycles. The topological polar surface area (TPSA) is 115 Å². The summed E-state index contributed by atoms with van der Waals surface area (Å²) in [5.74, 6) is 0.982. The molecule has 0 unspecified atom stereocenters. The van der Waals surface area contributed by atoms with Crippen molar-refractivity contribution >= 4 is 28.7 Å². The van der Waals surface area contributed by atoms with E-state index in [4.69, 9.17) is 16.5 Å². The van der Waals surface area contributed by atoms with Crippen molar-refractivity contribution in [2.45, 2.75) is 63.8 Å². The summed E-state index contributed by atoms with van der Waals surface area (Å²) in [7, 11) is 0. The Hall–Kier alpha value is -3.13. The molecule has 3 heterocycles. The lowest BCUT2D eigenvalue weighted by Gasteiger charge is -2.26. The Balaban J connectivity index is 1.39. The van der Waals surface area contributed by atoms with Crippen molar-refractivity contribution in [1.29, 1.82) is 0 Å². The van der Waals surface area contributed by atoms with E-state index in [0.717, 1.165) is 85.5 Å². The van der Waals surface area contributed by atoms with E-state index in [1.807, 2.05) is 42.3 Å². The molecule has 5 rings (SSSR count). The first-order valence-corrected chi connectivity index (χ1v) is 12.1. The lowest BCUT2D eigenvalue weighted by atomic mass is 9.85. The predicted molar refractivity (Wildman–Crippen MR) is 131 cm³/mol. The highest BCUT2D eigenvalue weighted by atomic mass is 16.2. The second-order valence-corrected chi connectivity index (χ2v) is 9.49. The van der Waals surface area contributed by atoms with Gasteiger partial charge in [0.15, 0.2) is 5.65 Å². The van der Waals surface area contributed by atoms with Gasteiger partial charge < -0.3 is 21.7 Å². The smallest absolute Gasteiger partial charge is 0.253 e. The number of benzene rings is 1. The first-order chi connectivity index (χ1) is 16.0. The molecule has 1 aliphatic heterocycles. The van der Waals surface area contributed by atoms with Crippen LogP contribution in [0.1, 0.15) is 72.5 Å². The van der Waals surface area contributed by atoms with Gasteiger partial charge in [0.2, 0.25) is 0 Å². The first kappa shape index (κ1) is 21.7. The van der Waals surface area contributed by atoms with Gasteiger partial charge in [0, 0.05) is 41.9 Å². The molecule has 5 N–H and O–H groups in total. The number of piperidine rings is 1. The lowest BCUT2D eigenvalue weighted by molar-refractivity contribution is 0.0724. The van der Waals surface area contributed by atoms with E-state index in [0.29, 0.717) is 17.8 Å². The molecule has 2 aliphatic rings. The molecule has 8 heteroatoms. The number of nitrogens with zero attached hydrogens (tertiary/aromatic N) is 4. The standard InChI is InChI=1S/C25H33N7O/c1-16-22(28-20-11-7-18(8-12-20)25(33)31-13-3-2-4-14-31)24-29-21(15-32(24)30-23(16)27)17-5-9-19(26)10-6-17/h7-8,11-12,15,17,19,28H,2-6,9-10,13-14,26H2,1H3,(H2,27,30). The SMILES string of the molecule is Cc1c(N)nn2cc(C3CCC(N)CC3)nc2c1Nc1ccc(C(=O)N2CCCCC2)cc1. The average molecular weight is 448 g/mol. The van der Waals surface area contributed by atoms with Crippen molar-refractivity contribution in [3.63, 3.8) is 0 Å². The molecule has 2 fully saturated rings. The van der Waals surface area contributed by atoms with Crippen molar-refractivity contribution in [3.05, 3.63) is 47.3 Å². The van der Waals surface area contributed by atoms with E-state index >= 15 is 0 Å². The minimum absolute atomic E-state index is 0.109. The summed E-state index contributed by atoms with van der Waals surface area (Å²) in [5, 5.41) is 7.99. The van der Waals surface area contributed by atoms with Gasteiger partial charge in [-0.1, -0.05) is 0 Å². The van der Waals surface area contributed by atoms with Gasteiger partial charge in [0.1, 0.15) is 5.82 Å². The highest BCUT2D eigenvalue weighted by molar-refractivity contribution is 5.94. The van der Waals surface area contributed by atoms with Crippen LogP contribution in [0.3, 0.4) is 0 Å². The number of carbonyl (C=O) groups is 1. The number of amides is 1. The van der Waals surface area contributed by atoms with Gasteiger partial charge in [0.05, 0.1) is 17.6 Å². The molecular weight excluding hydrogens is 414 g/mol. The molecule has 0 atom stereocenters. The molecule has 1 amide bonds. The lowest BCUT2D eigenvalue weighted by Crippen LogP contribution is -2.35. The Kier molecular flexibility index (Phi) is 5.93. The third kappa shape index (κ3) is 4.39. The van der Waals surface area contributed by atoms with Crippen molar-refractivity contribution in [2.75, 3.05) is 24.1 Å². The highest BCUT2D eigenvalue weighted by Gasteiger charge is 2.24. The monoisotopic (exact) mass is 447 g/mol. The summed E-state index contributed by atoms with van der Waals surface area (Å²) in [6.07, 6.45) is 9.54. The van der Waals surface area contributed by atoms with Crippen molar-refractivity contribution in [1.82, 2.24) is 19.5 Å².